The van der Waals surface area contributed by atoms with Gasteiger partial charge in [0.15, 0.2) is 5.65 Å². The number of aromatic nitrogens is 3. The maximum absolute atomic E-state index is 8.65. The molecule has 58 valence electrons. The van der Waals surface area contributed by atoms with Crippen molar-refractivity contribution in [1.29, 1.82) is 5.26 Å². The monoisotopic (exact) mass is 158 g/mol. The number of hydrogen-bond acceptors (Lipinski definition) is 3. The summed E-state index contributed by atoms with van der Waals surface area (Å²) in [5.74, 6) is 0. The number of nitrogens with zero attached hydrogens (tertiary/aromatic N) is 4. The van der Waals surface area contributed by atoms with Crippen molar-refractivity contribution in [3.05, 3.63) is 29.7 Å². The van der Waals surface area contributed by atoms with Crippen molar-refractivity contribution >= 4 is 5.65 Å². The van der Waals surface area contributed by atoms with E-state index in [-0.39, 0.29) is 0 Å². The van der Waals surface area contributed by atoms with Crippen LogP contribution in [0.4, 0.5) is 0 Å². The highest BCUT2D eigenvalue weighted by atomic mass is 15.3. The Kier molecular flexibility index (Phi) is 1.31. The van der Waals surface area contributed by atoms with E-state index in [1.165, 1.54) is 6.33 Å². The van der Waals surface area contributed by atoms with Crippen molar-refractivity contribution < 1.29 is 0 Å². The molecule has 2 heterocycles. The minimum atomic E-state index is 0.602. The predicted octanol–water partition coefficient (Wildman–Crippen LogP) is 0.909. The molecule has 0 atom stereocenters. The van der Waals surface area contributed by atoms with Crippen LogP contribution in [0, 0.1) is 18.3 Å². The normalized spacial score (nSPS) is 10.0. The Morgan fingerprint density at radius 3 is 3.17 bits per heavy atom. The third-order valence-electron chi connectivity index (χ3n) is 1.69. The van der Waals surface area contributed by atoms with Gasteiger partial charge >= 0.3 is 0 Å². The van der Waals surface area contributed by atoms with Crippen molar-refractivity contribution in [3.8, 4) is 6.07 Å². The summed E-state index contributed by atoms with van der Waals surface area (Å²) in [4.78, 5) is 4.04. The molecule has 2 rings (SSSR count). The Morgan fingerprint density at radius 2 is 2.42 bits per heavy atom. The SMILES string of the molecule is Cc1cc(C#N)cn2ncnc12. The Balaban J connectivity index is 2.86. The van der Waals surface area contributed by atoms with Crippen molar-refractivity contribution in [2.75, 3.05) is 0 Å². The largest absolute Gasteiger partial charge is 0.220 e. The van der Waals surface area contributed by atoms with Gasteiger partial charge in [-0.05, 0) is 18.6 Å². The van der Waals surface area contributed by atoms with Crippen LogP contribution in [-0.4, -0.2) is 14.6 Å². The first-order chi connectivity index (χ1) is 5.81. The van der Waals surface area contributed by atoms with E-state index < -0.39 is 0 Å². The lowest BCUT2D eigenvalue weighted by atomic mass is 10.2. The Morgan fingerprint density at radius 1 is 1.58 bits per heavy atom. The van der Waals surface area contributed by atoms with E-state index in [2.05, 4.69) is 16.2 Å². The van der Waals surface area contributed by atoms with E-state index in [0.29, 0.717) is 5.56 Å². The van der Waals surface area contributed by atoms with Crippen LogP contribution in [0.15, 0.2) is 18.6 Å². The second-order valence-electron chi connectivity index (χ2n) is 2.55. The number of nitriles is 1. The first-order valence-electron chi connectivity index (χ1n) is 3.51. The summed E-state index contributed by atoms with van der Waals surface area (Å²) < 4.78 is 1.61. The van der Waals surface area contributed by atoms with E-state index in [9.17, 15) is 0 Å². The summed E-state index contributed by atoms with van der Waals surface area (Å²) in [5, 5.41) is 12.6. The highest BCUT2D eigenvalue weighted by molar-refractivity contribution is 5.49. The van der Waals surface area contributed by atoms with Crippen molar-refractivity contribution in [2.24, 2.45) is 0 Å². The fraction of sp³-hybridized carbons (Fsp3) is 0.125. The third kappa shape index (κ3) is 0.839. The first-order valence-corrected chi connectivity index (χ1v) is 3.51. The van der Waals surface area contributed by atoms with Crippen molar-refractivity contribution in [2.45, 2.75) is 6.92 Å². The first kappa shape index (κ1) is 6.80. The van der Waals surface area contributed by atoms with Gasteiger partial charge in [0.25, 0.3) is 0 Å². The minimum Gasteiger partial charge on any atom is -0.220 e. The average Bonchev–Trinajstić information content (AvgIpc) is 2.52. The van der Waals surface area contributed by atoms with Crippen LogP contribution in [0.25, 0.3) is 5.65 Å². The van der Waals surface area contributed by atoms with Gasteiger partial charge in [-0.25, -0.2) is 9.50 Å². The van der Waals surface area contributed by atoms with E-state index in [1.807, 2.05) is 6.92 Å². The van der Waals surface area contributed by atoms with Gasteiger partial charge in [-0.1, -0.05) is 0 Å². The molecule has 0 bridgehead atoms. The lowest BCUT2D eigenvalue weighted by Gasteiger charge is -1.95. The molecular weight excluding hydrogens is 152 g/mol. The average molecular weight is 158 g/mol. The zero-order valence-electron chi connectivity index (χ0n) is 6.52. The molecular formula is C8H6N4. The van der Waals surface area contributed by atoms with Crippen LogP contribution >= 0.6 is 0 Å². The quantitative estimate of drug-likeness (QED) is 0.572. The van der Waals surface area contributed by atoms with Gasteiger partial charge in [0.05, 0.1) is 5.56 Å². The molecule has 0 unspecified atom stereocenters. The number of hydrogen-bond donors (Lipinski definition) is 0. The molecule has 2 aromatic rings. The fourth-order valence-corrected chi connectivity index (χ4v) is 1.15. The van der Waals surface area contributed by atoms with Crippen LogP contribution in [-0.2, 0) is 0 Å². The molecule has 12 heavy (non-hydrogen) atoms. The second kappa shape index (κ2) is 2.31. The summed E-state index contributed by atoms with van der Waals surface area (Å²) in [7, 11) is 0. The molecule has 4 nitrogen and oxygen atoms in total. The van der Waals surface area contributed by atoms with Gasteiger partial charge < -0.3 is 0 Å². The molecule has 0 saturated heterocycles. The number of aryl methyl sites for hydroxylation is 1. The van der Waals surface area contributed by atoms with E-state index in [4.69, 9.17) is 5.26 Å². The van der Waals surface area contributed by atoms with Gasteiger partial charge in [0, 0.05) is 6.20 Å². The Labute approximate surface area is 69.1 Å². The topological polar surface area (TPSA) is 54.0 Å². The van der Waals surface area contributed by atoms with Gasteiger partial charge in [-0.3, -0.25) is 0 Å². The maximum Gasteiger partial charge on any atom is 0.158 e. The number of rotatable bonds is 0. The van der Waals surface area contributed by atoms with Gasteiger partial charge in [-0.15, -0.1) is 0 Å². The molecule has 0 fully saturated rings. The smallest absolute Gasteiger partial charge is 0.158 e. The summed E-state index contributed by atoms with van der Waals surface area (Å²) in [6, 6.07) is 3.86. The molecule has 0 aliphatic heterocycles. The second-order valence-corrected chi connectivity index (χ2v) is 2.55. The zero-order valence-corrected chi connectivity index (χ0v) is 6.52. The van der Waals surface area contributed by atoms with Crippen LogP contribution in [0.1, 0.15) is 11.1 Å². The molecule has 4 heteroatoms. The lowest BCUT2D eigenvalue weighted by Crippen LogP contribution is -1.91. The fourth-order valence-electron chi connectivity index (χ4n) is 1.15. The van der Waals surface area contributed by atoms with Crippen LogP contribution in [0.2, 0.25) is 0 Å². The molecule has 0 spiro atoms. The van der Waals surface area contributed by atoms with Crippen LogP contribution < -0.4 is 0 Å². The predicted molar refractivity (Wildman–Crippen MR) is 42.4 cm³/mol. The summed E-state index contributed by atoms with van der Waals surface area (Å²) >= 11 is 0. The van der Waals surface area contributed by atoms with Crippen molar-refractivity contribution in [1.82, 2.24) is 14.6 Å². The molecule has 0 N–H and O–H groups in total. The Hall–Kier alpha value is -1.89. The van der Waals surface area contributed by atoms with E-state index in [0.717, 1.165) is 11.2 Å². The standard InChI is InChI=1S/C8H6N4/c1-6-2-7(3-9)4-12-8(6)10-5-11-12/h2,4-5H,1H3. The highest BCUT2D eigenvalue weighted by Gasteiger charge is 2.00. The molecule has 0 aliphatic carbocycles. The minimum absolute atomic E-state index is 0.602. The van der Waals surface area contributed by atoms with Gasteiger partial charge in [0.1, 0.15) is 12.4 Å². The van der Waals surface area contributed by atoms with E-state index >= 15 is 0 Å². The molecule has 0 saturated carbocycles. The highest BCUT2D eigenvalue weighted by Crippen LogP contribution is 2.08. The van der Waals surface area contributed by atoms with Gasteiger partial charge in [0.2, 0.25) is 0 Å². The number of fused-ring (bicyclic) bond motifs is 1. The van der Waals surface area contributed by atoms with Gasteiger partial charge in [-0.2, -0.15) is 10.4 Å². The zero-order chi connectivity index (χ0) is 8.55. The third-order valence-corrected chi connectivity index (χ3v) is 1.69. The lowest BCUT2D eigenvalue weighted by molar-refractivity contribution is 0.952. The van der Waals surface area contributed by atoms with Crippen molar-refractivity contribution in [3.63, 3.8) is 0 Å². The molecule has 0 amide bonds. The molecule has 2 aromatic heterocycles. The maximum atomic E-state index is 8.65. The summed E-state index contributed by atoms with van der Waals surface area (Å²) in [6.07, 6.45) is 3.14. The number of pyridine rings is 1. The molecule has 0 aromatic carbocycles. The van der Waals surface area contributed by atoms with Crippen LogP contribution in [0.5, 0.6) is 0 Å². The Bertz CT molecular complexity index is 463. The molecule has 0 radical (unpaired) electrons. The summed E-state index contributed by atoms with van der Waals surface area (Å²) in [5.41, 5.74) is 2.37. The molecule has 0 aliphatic rings. The van der Waals surface area contributed by atoms with E-state index in [1.54, 1.807) is 16.8 Å². The van der Waals surface area contributed by atoms with Crippen LogP contribution in [0.3, 0.4) is 0 Å². The summed E-state index contributed by atoms with van der Waals surface area (Å²) in [6.45, 7) is 1.91.